The lowest BCUT2D eigenvalue weighted by molar-refractivity contribution is -0.469. The summed E-state index contributed by atoms with van der Waals surface area (Å²) in [4.78, 5) is 11.6. The molecular weight excluding hydrogens is 202 g/mol. The van der Waals surface area contributed by atoms with Gasteiger partial charge in [-0.1, -0.05) is 13.8 Å². The summed E-state index contributed by atoms with van der Waals surface area (Å²) < 4.78 is 5.26. The summed E-state index contributed by atoms with van der Waals surface area (Å²) in [5.41, 5.74) is 2.81. The highest BCUT2D eigenvalue weighted by atomic mass is 35.5. The molecule has 0 rings (SSSR count). The predicted molar refractivity (Wildman–Crippen MR) is 52.0 cm³/mol. The Hall–Kier alpha value is -0.280. The van der Waals surface area contributed by atoms with Crippen LogP contribution in [0.5, 0.6) is 0 Å². The van der Waals surface area contributed by atoms with Crippen LogP contribution in [-0.2, 0) is 9.53 Å². The standard InChI is InChI=1S/C10H21NO2.ClH/c1-7(2)10(6,11)8(12)13-9(3,4)5;/h7H,11H2,1-6H3;1H/t10-;/m0./s1. The summed E-state index contributed by atoms with van der Waals surface area (Å²) in [5, 5.41) is 0. The molecule has 0 aromatic carbocycles. The zero-order chi connectivity index (χ0) is 10.9. The lowest BCUT2D eigenvalue weighted by Gasteiger charge is -2.28. The molecule has 0 saturated heterocycles. The molecule has 0 amide bonds. The predicted octanol–water partition coefficient (Wildman–Crippen LogP) is -2.01. The van der Waals surface area contributed by atoms with Gasteiger partial charge in [-0.2, -0.15) is 0 Å². The van der Waals surface area contributed by atoms with E-state index in [0.717, 1.165) is 0 Å². The molecule has 0 fully saturated rings. The Kier molecular flexibility index (Phi) is 5.76. The highest BCUT2D eigenvalue weighted by molar-refractivity contribution is 5.78. The van der Waals surface area contributed by atoms with Crippen LogP contribution in [0, 0.1) is 5.92 Å². The summed E-state index contributed by atoms with van der Waals surface area (Å²) in [7, 11) is 0. The van der Waals surface area contributed by atoms with Crippen molar-refractivity contribution in [3.63, 3.8) is 0 Å². The first-order valence-corrected chi connectivity index (χ1v) is 4.66. The molecule has 0 bridgehead atoms. The van der Waals surface area contributed by atoms with Crippen molar-refractivity contribution < 1.29 is 27.7 Å². The first kappa shape index (κ1) is 16.2. The molecule has 0 spiro atoms. The van der Waals surface area contributed by atoms with Crippen molar-refractivity contribution in [3.05, 3.63) is 0 Å². The van der Waals surface area contributed by atoms with Gasteiger partial charge in [0.25, 0.3) is 0 Å². The maximum Gasteiger partial charge on any atom is 0.368 e. The van der Waals surface area contributed by atoms with Gasteiger partial charge in [-0.3, -0.25) is 0 Å². The van der Waals surface area contributed by atoms with E-state index in [1.807, 2.05) is 41.5 Å². The van der Waals surface area contributed by atoms with E-state index >= 15 is 0 Å². The average molecular weight is 224 g/mol. The number of carbonyl (C=O) groups excluding carboxylic acids is 1. The van der Waals surface area contributed by atoms with Crippen molar-refractivity contribution in [1.29, 1.82) is 0 Å². The number of carbonyl (C=O) groups is 1. The van der Waals surface area contributed by atoms with E-state index < -0.39 is 11.1 Å². The van der Waals surface area contributed by atoms with Crippen molar-refractivity contribution in [2.75, 3.05) is 0 Å². The molecule has 0 heterocycles. The topological polar surface area (TPSA) is 53.9 Å². The molecule has 3 nitrogen and oxygen atoms in total. The van der Waals surface area contributed by atoms with Crippen molar-refractivity contribution >= 4 is 5.97 Å². The number of hydrogen-bond donors (Lipinski definition) is 1. The maximum atomic E-state index is 11.6. The van der Waals surface area contributed by atoms with E-state index in [9.17, 15) is 4.79 Å². The highest BCUT2D eigenvalue weighted by Gasteiger charge is 2.40. The van der Waals surface area contributed by atoms with Crippen molar-refractivity contribution in [2.24, 2.45) is 5.92 Å². The molecule has 0 aliphatic carbocycles. The molecule has 0 saturated carbocycles. The van der Waals surface area contributed by atoms with Gasteiger partial charge in [0.2, 0.25) is 0 Å². The van der Waals surface area contributed by atoms with Crippen molar-refractivity contribution in [1.82, 2.24) is 0 Å². The molecule has 0 aromatic heterocycles. The Bertz CT molecular complexity index is 195. The number of halogens is 1. The number of hydrogen-bond acceptors (Lipinski definition) is 2. The third kappa shape index (κ3) is 4.82. The molecule has 86 valence electrons. The minimum absolute atomic E-state index is 0. The van der Waals surface area contributed by atoms with Crippen LogP contribution in [0.4, 0.5) is 0 Å². The van der Waals surface area contributed by atoms with Crippen LogP contribution in [0.3, 0.4) is 0 Å². The van der Waals surface area contributed by atoms with Crippen LogP contribution >= 0.6 is 0 Å². The Labute approximate surface area is 92.8 Å². The van der Waals surface area contributed by atoms with E-state index in [1.54, 1.807) is 0 Å². The van der Waals surface area contributed by atoms with Crippen LogP contribution in [0.2, 0.25) is 0 Å². The molecule has 0 unspecified atom stereocenters. The Morgan fingerprint density at radius 1 is 1.21 bits per heavy atom. The van der Waals surface area contributed by atoms with Crippen molar-refractivity contribution in [2.45, 2.75) is 52.7 Å². The van der Waals surface area contributed by atoms with E-state index in [1.165, 1.54) is 0 Å². The van der Waals surface area contributed by atoms with Gasteiger partial charge in [0.15, 0.2) is 5.54 Å². The van der Waals surface area contributed by atoms with Gasteiger partial charge in [0, 0.05) is 12.8 Å². The van der Waals surface area contributed by atoms with E-state index in [2.05, 4.69) is 5.73 Å². The lowest BCUT2D eigenvalue weighted by atomic mass is 9.89. The molecule has 1 atom stereocenters. The zero-order valence-electron chi connectivity index (χ0n) is 9.98. The Balaban J connectivity index is 0. The second-order valence-corrected chi connectivity index (χ2v) is 5.07. The molecular formula is C10H22ClNO2. The third-order valence-electron chi connectivity index (χ3n) is 2.14. The third-order valence-corrected chi connectivity index (χ3v) is 2.14. The summed E-state index contributed by atoms with van der Waals surface area (Å²) in [6, 6.07) is 0. The minimum atomic E-state index is -0.646. The highest BCUT2D eigenvalue weighted by Crippen LogP contribution is 2.17. The monoisotopic (exact) mass is 223 g/mol. The van der Waals surface area contributed by atoms with E-state index in [0.29, 0.717) is 0 Å². The molecule has 0 radical (unpaired) electrons. The van der Waals surface area contributed by atoms with Gasteiger partial charge in [-0.15, -0.1) is 0 Å². The second kappa shape index (κ2) is 4.99. The average Bonchev–Trinajstić information content (AvgIpc) is 1.82. The smallest absolute Gasteiger partial charge is 0.368 e. The zero-order valence-corrected chi connectivity index (χ0v) is 10.7. The molecule has 4 heteroatoms. The fourth-order valence-electron chi connectivity index (χ4n) is 0.630. The molecule has 3 N–H and O–H groups in total. The molecule has 14 heavy (non-hydrogen) atoms. The van der Waals surface area contributed by atoms with Crippen LogP contribution in [0.1, 0.15) is 41.5 Å². The number of ether oxygens (including phenoxy) is 1. The summed E-state index contributed by atoms with van der Waals surface area (Å²) in [6.07, 6.45) is 0. The first-order valence-electron chi connectivity index (χ1n) is 4.66. The first-order chi connectivity index (χ1) is 5.57. The molecule has 0 aliphatic heterocycles. The van der Waals surface area contributed by atoms with Crippen LogP contribution in [-0.4, -0.2) is 17.1 Å². The van der Waals surface area contributed by atoms with Gasteiger partial charge in [0.05, 0.1) is 0 Å². The normalized spacial score (nSPS) is 15.7. The quantitative estimate of drug-likeness (QED) is 0.550. The fraction of sp³-hybridized carbons (Fsp3) is 0.900. The summed E-state index contributed by atoms with van der Waals surface area (Å²) >= 11 is 0. The summed E-state index contributed by atoms with van der Waals surface area (Å²) in [5.74, 6) is -0.0441. The van der Waals surface area contributed by atoms with Gasteiger partial charge >= 0.3 is 5.97 Å². The van der Waals surface area contributed by atoms with Crippen LogP contribution < -0.4 is 18.1 Å². The SMILES string of the molecule is CC(C)[C@](C)([NH3+])C(=O)OC(C)(C)C.[Cl-]. The Morgan fingerprint density at radius 3 is 1.79 bits per heavy atom. The number of esters is 1. The largest absolute Gasteiger partial charge is 1.00 e. The van der Waals surface area contributed by atoms with E-state index in [4.69, 9.17) is 4.74 Å². The summed E-state index contributed by atoms with van der Waals surface area (Å²) in [6.45, 7) is 11.3. The minimum Gasteiger partial charge on any atom is -1.00 e. The van der Waals surface area contributed by atoms with Crippen LogP contribution in [0.25, 0.3) is 0 Å². The van der Waals surface area contributed by atoms with Gasteiger partial charge in [-0.05, 0) is 20.8 Å². The Morgan fingerprint density at radius 2 is 1.57 bits per heavy atom. The number of quaternary nitrogens is 1. The van der Waals surface area contributed by atoms with Gasteiger partial charge < -0.3 is 22.9 Å². The van der Waals surface area contributed by atoms with E-state index in [-0.39, 0.29) is 24.3 Å². The number of rotatable bonds is 2. The van der Waals surface area contributed by atoms with Crippen molar-refractivity contribution in [3.8, 4) is 0 Å². The van der Waals surface area contributed by atoms with Crippen LogP contribution in [0.15, 0.2) is 0 Å². The van der Waals surface area contributed by atoms with Gasteiger partial charge in [0.1, 0.15) is 5.60 Å². The molecule has 0 aromatic rings. The molecule has 0 aliphatic rings. The van der Waals surface area contributed by atoms with Gasteiger partial charge in [-0.25, -0.2) is 4.79 Å². The maximum absolute atomic E-state index is 11.6. The second-order valence-electron chi connectivity index (χ2n) is 5.07. The lowest BCUT2D eigenvalue weighted by Crippen LogP contribution is -3.00. The fourth-order valence-corrected chi connectivity index (χ4v) is 0.630.